The Bertz CT molecular complexity index is 432. The predicted molar refractivity (Wildman–Crippen MR) is 37.8 cm³/mol. The fourth-order valence-electron chi connectivity index (χ4n) is 0.961. The Kier molecular flexibility index (Phi) is 24.1. The van der Waals surface area contributed by atoms with Gasteiger partial charge in [-0.2, -0.15) is 0 Å². The molecule has 0 radical (unpaired) electrons. The number of rotatable bonds is 7. The number of hydrogen-bond donors (Lipinski definition) is 0. The third-order valence-electron chi connectivity index (χ3n) is 1.49. The van der Waals surface area contributed by atoms with E-state index in [2.05, 4.69) is 4.18 Å². The van der Waals surface area contributed by atoms with E-state index in [0.717, 1.165) is 0 Å². The summed E-state index contributed by atoms with van der Waals surface area (Å²) in [4.78, 5) is 30.9. The van der Waals surface area contributed by atoms with Gasteiger partial charge in [-0.25, -0.2) is 8.42 Å². The molecule has 0 N–H and O–H groups in total. The zero-order valence-corrected chi connectivity index (χ0v) is 20.7. The maximum atomic E-state index is 10.5. The molecule has 0 atom stereocenters. The van der Waals surface area contributed by atoms with Gasteiger partial charge in [0.05, 0.1) is 5.97 Å². The van der Waals surface area contributed by atoms with Crippen LogP contribution in [0.4, 0.5) is 0 Å². The average Bonchev–Trinajstić information content (AvgIpc) is 1.96. The molecule has 0 saturated heterocycles. The number of carbonyl (C=O) groups is 3. The summed E-state index contributed by atoms with van der Waals surface area (Å²) in [6.07, 6.45) is -3.41. The number of hydrogen-bond acceptors (Lipinski definition) is 10. The second kappa shape index (κ2) is 14.6. The Morgan fingerprint density at radius 2 is 1.14 bits per heavy atom. The van der Waals surface area contributed by atoms with E-state index in [1.807, 2.05) is 0 Å². The quantitative estimate of drug-likeness (QED) is 0.239. The zero-order valence-electron chi connectivity index (χ0n) is 11.9. The van der Waals surface area contributed by atoms with Crippen LogP contribution in [0.3, 0.4) is 0 Å². The minimum absolute atomic E-state index is 0. The van der Waals surface area contributed by atoms with Gasteiger partial charge in [-0.15, -0.1) is 0 Å². The molecule has 0 aliphatic rings. The van der Waals surface area contributed by atoms with Crippen LogP contribution in [-0.2, 0) is 29.0 Å². The summed E-state index contributed by atoms with van der Waals surface area (Å²) in [6.45, 7) is 0. The summed E-state index contributed by atoms with van der Waals surface area (Å²) in [5, 5.41) is 30.9. The third kappa shape index (κ3) is 15.5. The Morgan fingerprint density at radius 3 is 1.29 bits per heavy atom. The van der Waals surface area contributed by atoms with Gasteiger partial charge >= 0.3 is 118 Å². The molecule has 0 aromatic heterocycles. The van der Waals surface area contributed by atoms with Crippen molar-refractivity contribution < 1.29 is 165 Å². The van der Waals surface area contributed by atoms with Crippen LogP contribution in [0.1, 0.15) is 12.8 Å². The molecule has 0 aromatic carbocycles. The molecular weight excluding hydrogens is 356 g/mol. The van der Waals surface area contributed by atoms with E-state index in [0.29, 0.717) is 0 Å². The molecule has 15 heteroatoms. The van der Waals surface area contributed by atoms with E-state index in [4.69, 9.17) is 0 Å². The molecule has 0 saturated carbocycles. The maximum absolute atomic E-state index is 10.5. The average molecular weight is 360 g/mol. The first-order valence-corrected chi connectivity index (χ1v) is 5.09. The number of carbonyl (C=O) groups excluding carboxylic acids is 3. The van der Waals surface area contributed by atoms with Crippen LogP contribution < -0.4 is 134 Å². The zero-order chi connectivity index (χ0) is 13.9. The molecule has 0 spiro atoms. The smallest absolute Gasteiger partial charge is 0.725 e. The van der Waals surface area contributed by atoms with Crippen LogP contribution in [0.5, 0.6) is 0 Å². The number of carboxylic acid groups (broad SMARTS) is 3. The molecule has 0 amide bonds. The molecular formula is C6H4Na4O10S. The SMILES string of the molecule is O=C([O-])CC(CC(=O)[O-])(OS(=O)(=O)[O-])C(=O)[O-].[Na+].[Na+].[Na+].[Na+]. The van der Waals surface area contributed by atoms with E-state index in [9.17, 15) is 42.7 Å². The van der Waals surface area contributed by atoms with Crippen LogP contribution in [0, 0.1) is 0 Å². The van der Waals surface area contributed by atoms with Gasteiger partial charge in [-0.3, -0.25) is 4.18 Å². The van der Waals surface area contributed by atoms with E-state index in [1.165, 1.54) is 0 Å². The molecule has 0 aromatic rings. The van der Waals surface area contributed by atoms with Crippen LogP contribution >= 0.6 is 0 Å². The second-order valence-electron chi connectivity index (χ2n) is 2.87. The van der Waals surface area contributed by atoms with Crippen LogP contribution in [0.15, 0.2) is 0 Å². The van der Waals surface area contributed by atoms with Gasteiger partial charge in [0.1, 0.15) is 5.60 Å². The van der Waals surface area contributed by atoms with Crippen molar-refractivity contribution in [1.29, 1.82) is 0 Å². The predicted octanol–water partition coefficient (Wildman–Crippen LogP) is -17.8. The number of carboxylic acids is 3. The maximum Gasteiger partial charge on any atom is 1.00 e. The topological polar surface area (TPSA) is 187 Å². The Morgan fingerprint density at radius 1 is 0.857 bits per heavy atom. The van der Waals surface area contributed by atoms with Gasteiger partial charge in [0.15, 0.2) is 0 Å². The largest absolute Gasteiger partial charge is 1.00 e. The summed E-state index contributed by atoms with van der Waals surface area (Å²) < 4.78 is 34.1. The minimum atomic E-state index is -5.67. The van der Waals surface area contributed by atoms with Crippen molar-refractivity contribution in [3.63, 3.8) is 0 Å². The monoisotopic (exact) mass is 360 g/mol. The van der Waals surface area contributed by atoms with Crippen molar-refractivity contribution in [2.75, 3.05) is 0 Å². The first kappa shape index (κ1) is 34.6. The summed E-state index contributed by atoms with van der Waals surface area (Å²) in [7, 11) is -5.67. The number of aliphatic carboxylic acids is 3. The summed E-state index contributed by atoms with van der Waals surface area (Å²) in [5.41, 5.74) is -3.39. The first-order chi connectivity index (χ1) is 7.48. The van der Waals surface area contributed by atoms with Crippen molar-refractivity contribution in [2.45, 2.75) is 18.4 Å². The first-order valence-electron chi connectivity index (χ1n) is 3.76. The van der Waals surface area contributed by atoms with Gasteiger partial charge in [0.25, 0.3) is 0 Å². The van der Waals surface area contributed by atoms with Gasteiger partial charge in [0.2, 0.25) is 10.4 Å². The standard InChI is InChI=1S/C6H8O10S.4Na/c7-3(8)1-6(5(11)12,2-4(9)10)16-17(13,14)15;;;;/h1-2H2,(H,7,8)(H,9,10)(H,11,12)(H,13,14,15);;;;/q;4*+1/p-4. The molecule has 0 aliphatic heterocycles. The van der Waals surface area contributed by atoms with Gasteiger partial charge in [0, 0.05) is 24.8 Å². The normalized spacial score (nSPS) is 9.76. The van der Waals surface area contributed by atoms with Crippen LogP contribution in [0.25, 0.3) is 0 Å². The van der Waals surface area contributed by atoms with E-state index in [1.54, 1.807) is 0 Å². The third-order valence-corrected chi connectivity index (χ3v) is 2.02. The molecule has 0 heterocycles. The van der Waals surface area contributed by atoms with E-state index < -0.39 is 46.7 Å². The summed E-state index contributed by atoms with van der Waals surface area (Å²) >= 11 is 0. The molecule has 21 heavy (non-hydrogen) atoms. The molecule has 0 bridgehead atoms. The Hall–Kier alpha value is 2.28. The van der Waals surface area contributed by atoms with Gasteiger partial charge < -0.3 is 34.3 Å². The second-order valence-corrected chi connectivity index (χ2v) is 3.85. The van der Waals surface area contributed by atoms with E-state index >= 15 is 0 Å². The van der Waals surface area contributed by atoms with E-state index in [-0.39, 0.29) is 118 Å². The molecule has 0 rings (SSSR count). The fraction of sp³-hybridized carbons (Fsp3) is 0.500. The van der Waals surface area contributed by atoms with Crippen LogP contribution in [-0.4, -0.2) is 36.5 Å². The van der Waals surface area contributed by atoms with Crippen molar-refractivity contribution in [3.05, 3.63) is 0 Å². The van der Waals surface area contributed by atoms with Crippen molar-refractivity contribution in [3.8, 4) is 0 Å². The van der Waals surface area contributed by atoms with Crippen molar-refractivity contribution in [2.24, 2.45) is 0 Å². The fourth-order valence-corrected chi connectivity index (χ4v) is 1.54. The molecule has 0 unspecified atom stereocenters. The minimum Gasteiger partial charge on any atom is -0.725 e. The van der Waals surface area contributed by atoms with Gasteiger partial charge in [-0.05, 0) is 0 Å². The molecule has 0 fully saturated rings. The molecule has 10 nitrogen and oxygen atoms in total. The Balaban J connectivity index is -0.000000213. The van der Waals surface area contributed by atoms with Crippen molar-refractivity contribution in [1.82, 2.24) is 0 Å². The van der Waals surface area contributed by atoms with Crippen molar-refractivity contribution >= 4 is 28.3 Å². The Labute approximate surface area is 208 Å². The molecule has 0 aliphatic carbocycles. The summed E-state index contributed by atoms with van der Waals surface area (Å²) in [5.74, 6) is -6.82. The van der Waals surface area contributed by atoms with Crippen LogP contribution in [0.2, 0.25) is 0 Å². The summed E-state index contributed by atoms with van der Waals surface area (Å²) in [6, 6.07) is 0. The van der Waals surface area contributed by atoms with Gasteiger partial charge in [-0.1, -0.05) is 0 Å². The molecule has 98 valence electrons.